The van der Waals surface area contributed by atoms with E-state index in [0.29, 0.717) is 22.8 Å². The minimum atomic E-state index is -0.368. The first kappa shape index (κ1) is 22.5. The number of rotatable bonds is 7. The van der Waals surface area contributed by atoms with Gasteiger partial charge in [-0.2, -0.15) is 0 Å². The number of hydrogen-bond donors (Lipinski definition) is 1. The van der Waals surface area contributed by atoms with Gasteiger partial charge in [-0.1, -0.05) is 42.7 Å². The molecule has 1 aromatic carbocycles. The minimum absolute atomic E-state index is 0.106. The van der Waals surface area contributed by atoms with Gasteiger partial charge < -0.3 is 14.7 Å². The predicted molar refractivity (Wildman–Crippen MR) is 124 cm³/mol. The largest absolute Gasteiger partial charge is 0.354 e. The lowest BCUT2D eigenvalue weighted by atomic mass is 9.92. The molecule has 1 aliphatic heterocycles. The van der Waals surface area contributed by atoms with Crippen molar-refractivity contribution in [3.05, 3.63) is 46.0 Å². The maximum atomic E-state index is 13.0. The third-order valence-electron chi connectivity index (χ3n) is 5.81. The third-order valence-corrected chi connectivity index (χ3v) is 6.06. The summed E-state index contributed by atoms with van der Waals surface area (Å²) in [6.45, 7) is 8.26. The SMILES string of the molecule is C[C@@H]1C[C@H](C)CN(CCCNC(=O)Cn2cnc3onc(-c4ccc(Cl)cc4)c3c2=O)C1. The molecule has 0 radical (unpaired) electrons. The van der Waals surface area contributed by atoms with Gasteiger partial charge in [-0.05, 0) is 43.4 Å². The minimum Gasteiger partial charge on any atom is -0.354 e. The van der Waals surface area contributed by atoms with Crippen LogP contribution in [0.5, 0.6) is 0 Å². The standard InChI is InChI=1S/C23H28ClN5O3/c1-15-10-16(2)12-28(11-15)9-3-8-25-19(30)13-29-14-26-22-20(23(29)31)21(27-32-22)17-4-6-18(24)7-5-17/h4-7,14-16H,3,8-13H2,1-2H3,(H,25,30)/t15-,16+. The van der Waals surface area contributed by atoms with E-state index in [9.17, 15) is 9.59 Å². The number of carbonyl (C=O) groups is 1. The number of hydrogen-bond acceptors (Lipinski definition) is 6. The third kappa shape index (κ3) is 5.19. The monoisotopic (exact) mass is 457 g/mol. The Kier molecular flexibility index (Phi) is 6.91. The van der Waals surface area contributed by atoms with Gasteiger partial charge in [0.05, 0.1) is 0 Å². The number of piperidine rings is 1. The summed E-state index contributed by atoms with van der Waals surface area (Å²) in [5.41, 5.74) is 0.846. The molecule has 3 heterocycles. The van der Waals surface area contributed by atoms with Crippen LogP contribution in [0.25, 0.3) is 22.4 Å². The van der Waals surface area contributed by atoms with Gasteiger partial charge >= 0.3 is 0 Å². The molecular weight excluding hydrogens is 430 g/mol. The Morgan fingerprint density at radius 3 is 2.66 bits per heavy atom. The Morgan fingerprint density at radius 2 is 1.94 bits per heavy atom. The van der Waals surface area contributed by atoms with Crippen molar-refractivity contribution in [3.8, 4) is 11.3 Å². The van der Waals surface area contributed by atoms with Crippen molar-refractivity contribution in [1.82, 2.24) is 24.9 Å². The van der Waals surface area contributed by atoms with E-state index in [1.807, 2.05) is 0 Å². The highest BCUT2D eigenvalue weighted by Crippen LogP contribution is 2.25. The van der Waals surface area contributed by atoms with Crippen LogP contribution in [0.15, 0.2) is 39.9 Å². The lowest BCUT2D eigenvalue weighted by molar-refractivity contribution is -0.121. The van der Waals surface area contributed by atoms with E-state index in [2.05, 4.69) is 34.2 Å². The number of halogens is 1. The second-order valence-corrected chi connectivity index (χ2v) is 9.24. The van der Waals surface area contributed by atoms with Crippen LogP contribution in [-0.2, 0) is 11.3 Å². The zero-order valence-corrected chi connectivity index (χ0v) is 19.1. The molecule has 1 fully saturated rings. The van der Waals surface area contributed by atoms with Gasteiger partial charge in [0.2, 0.25) is 5.91 Å². The van der Waals surface area contributed by atoms with Crippen LogP contribution in [0.1, 0.15) is 26.7 Å². The fourth-order valence-corrected chi connectivity index (χ4v) is 4.64. The van der Waals surface area contributed by atoms with Crippen molar-refractivity contribution in [2.24, 2.45) is 11.8 Å². The normalized spacial score (nSPS) is 19.3. The van der Waals surface area contributed by atoms with Gasteiger partial charge in [-0.25, -0.2) is 4.98 Å². The number of likely N-dealkylation sites (tertiary alicyclic amines) is 1. The maximum Gasteiger partial charge on any atom is 0.267 e. The Bertz CT molecular complexity index is 1130. The molecule has 1 aliphatic rings. The van der Waals surface area contributed by atoms with Crippen LogP contribution in [-0.4, -0.2) is 51.7 Å². The van der Waals surface area contributed by atoms with Crippen LogP contribution >= 0.6 is 11.6 Å². The average molecular weight is 458 g/mol. The first-order valence-corrected chi connectivity index (χ1v) is 11.4. The van der Waals surface area contributed by atoms with E-state index in [1.165, 1.54) is 17.3 Å². The van der Waals surface area contributed by atoms with Gasteiger partial charge in [0, 0.05) is 30.2 Å². The van der Waals surface area contributed by atoms with Crippen molar-refractivity contribution in [2.75, 3.05) is 26.2 Å². The number of amides is 1. The molecule has 2 aromatic heterocycles. The molecule has 9 heteroatoms. The molecule has 3 aromatic rings. The quantitative estimate of drug-likeness (QED) is 0.547. The molecule has 32 heavy (non-hydrogen) atoms. The number of nitrogens with zero attached hydrogens (tertiary/aromatic N) is 4. The number of fused-ring (bicyclic) bond motifs is 1. The lowest BCUT2D eigenvalue weighted by Gasteiger charge is -2.34. The molecule has 0 saturated carbocycles. The van der Waals surface area contributed by atoms with Crippen LogP contribution in [0.2, 0.25) is 5.02 Å². The van der Waals surface area contributed by atoms with Gasteiger partial charge in [0.1, 0.15) is 24.0 Å². The molecule has 4 rings (SSSR count). The smallest absolute Gasteiger partial charge is 0.267 e. The average Bonchev–Trinajstić information content (AvgIpc) is 3.18. The molecule has 0 aliphatic carbocycles. The topological polar surface area (TPSA) is 93.3 Å². The van der Waals surface area contributed by atoms with Crippen molar-refractivity contribution in [2.45, 2.75) is 33.2 Å². The summed E-state index contributed by atoms with van der Waals surface area (Å²) in [5.74, 6) is 1.22. The summed E-state index contributed by atoms with van der Waals surface area (Å²) in [4.78, 5) is 32.0. The first-order valence-electron chi connectivity index (χ1n) is 11.0. The molecule has 170 valence electrons. The highest BCUT2D eigenvalue weighted by molar-refractivity contribution is 6.30. The summed E-state index contributed by atoms with van der Waals surface area (Å²) in [7, 11) is 0. The number of benzene rings is 1. The Balaban J connectivity index is 1.37. The summed E-state index contributed by atoms with van der Waals surface area (Å²) in [6, 6.07) is 6.94. The Morgan fingerprint density at radius 1 is 1.22 bits per heavy atom. The Labute approximate surface area is 191 Å². The lowest BCUT2D eigenvalue weighted by Crippen LogP contribution is -2.40. The van der Waals surface area contributed by atoms with Crippen LogP contribution in [0, 0.1) is 11.8 Å². The molecule has 1 N–H and O–H groups in total. The second-order valence-electron chi connectivity index (χ2n) is 8.80. The van der Waals surface area contributed by atoms with Gasteiger partial charge in [0.25, 0.3) is 11.3 Å². The molecule has 0 bridgehead atoms. The second kappa shape index (κ2) is 9.83. The molecular formula is C23H28ClN5O3. The summed E-state index contributed by atoms with van der Waals surface area (Å²) in [6.07, 6.45) is 3.48. The van der Waals surface area contributed by atoms with Crippen molar-refractivity contribution in [3.63, 3.8) is 0 Å². The Hall–Kier alpha value is -2.71. The van der Waals surface area contributed by atoms with E-state index in [-0.39, 0.29) is 29.1 Å². The predicted octanol–water partition coefficient (Wildman–Crippen LogP) is 3.19. The maximum absolute atomic E-state index is 13.0. The number of nitrogens with one attached hydrogen (secondary N) is 1. The van der Waals surface area contributed by atoms with Gasteiger partial charge in [-0.3, -0.25) is 14.2 Å². The number of aromatic nitrogens is 3. The van der Waals surface area contributed by atoms with E-state index < -0.39 is 0 Å². The highest BCUT2D eigenvalue weighted by Gasteiger charge is 2.21. The van der Waals surface area contributed by atoms with Gasteiger partial charge in [0.15, 0.2) is 0 Å². The first-order chi connectivity index (χ1) is 15.4. The zero-order valence-electron chi connectivity index (χ0n) is 18.4. The highest BCUT2D eigenvalue weighted by atomic mass is 35.5. The van der Waals surface area contributed by atoms with Gasteiger partial charge in [-0.15, -0.1) is 0 Å². The molecule has 8 nitrogen and oxygen atoms in total. The van der Waals surface area contributed by atoms with Crippen LogP contribution in [0.3, 0.4) is 0 Å². The van der Waals surface area contributed by atoms with Crippen molar-refractivity contribution in [1.29, 1.82) is 0 Å². The van der Waals surface area contributed by atoms with Crippen LogP contribution < -0.4 is 10.9 Å². The summed E-state index contributed by atoms with van der Waals surface area (Å²) >= 11 is 5.94. The van der Waals surface area contributed by atoms with Crippen molar-refractivity contribution < 1.29 is 9.32 Å². The van der Waals surface area contributed by atoms with E-state index in [1.54, 1.807) is 24.3 Å². The molecule has 1 saturated heterocycles. The van der Waals surface area contributed by atoms with E-state index in [0.717, 1.165) is 37.9 Å². The number of carbonyl (C=O) groups excluding carboxylic acids is 1. The molecule has 0 spiro atoms. The van der Waals surface area contributed by atoms with E-state index in [4.69, 9.17) is 16.1 Å². The molecule has 0 unspecified atom stereocenters. The zero-order chi connectivity index (χ0) is 22.7. The van der Waals surface area contributed by atoms with Crippen LogP contribution in [0.4, 0.5) is 0 Å². The molecule has 2 atom stereocenters. The summed E-state index contributed by atoms with van der Waals surface area (Å²) in [5, 5.41) is 7.73. The molecule has 1 amide bonds. The van der Waals surface area contributed by atoms with Crippen molar-refractivity contribution >= 4 is 28.6 Å². The fraction of sp³-hybridized carbons (Fsp3) is 0.478. The van der Waals surface area contributed by atoms with E-state index >= 15 is 0 Å². The fourth-order valence-electron chi connectivity index (χ4n) is 4.51. The summed E-state index contributed by atoms with van der Waals surface area (Å²) < 4.78 is 6.49.